The van der Waals surface area contributed by atoms with Gasteiger partial charge in [-0.2, -0.15) is 0 Å². The topological polar surface area (TPSA) is 89.9 Å². The summed E-state index contributed by atoms with van der Waals surface area (Å²) in [7, 11) is 1.94. The van der Waals surface area contributed by atoms with E-state index in [4.69, 9.17) is 0 Å². The molecule has 0 saturated carbocycles. The van der Waals surface area contributed by atoms with Crippen molar-refractivity contribution in [3.63, 3.8) is 0 Å². The molecule has 1 aliphatic rings. The Balaban J connectivity index is 1.73. The number of carbonyl (C=O) groups excluding carboxylic acids is 1. The Labute approximate surface area is 200 Å². The van der Waals surface area contributed by atoms with Crippen LogP contribution < -0.4 is 9.80 Å². The lowest BCUT2D eigenvalue weighted by Crippen LogP contribution is -2.37. The summed E-state index contributed by atoms with van der Waals surface area (Å²) in [4.78, 5) is 39.0. The fraction of sp³-hybridized carbons (Fsp3) is 0.500. The number of hydrogen-bond acceptors (Lipinski definition) is 6. The minimum atomic E-state index is -0.886. The highest BCUT2D eigenvalue weighted by Gasteiger charge is 2.28. The van der Waals surface area contributed by atoms with Crippen molar-refractivity contribution in [2.24, 2.45) is 5.41 Å². The molecule has 2 aromatic rings. The van der Waals surface area contributed by atoms with Crippen LogP contribution in [0, 0.1) is 5.41 Å². The molecule has 0 saturated heterocycles. The maximum Gasteiger partial charge on any atom is 0.407 e. The summed E-state index contributed by atoms with van der Waals surface area (Å²) in [6.45, 7) is 8.29. The predicted octanol–water partition coefficient (Wildman–Crippen LogP) is 4.25. The van der Waals surface area contributed by atoms with Crippen LogP contribution in [-0.2, 0) is 6.42 Å². The second kappa shape index (κ2) is 10.4. The van der Waals surface area contributed by atoms with Gasteiger partial charge in [0, 0.05) is 45.1 Å². The predicted molar refractivity (Wildman–Crippen MR) is 133 cm³/mol. The van der Waals surface area contributed by atoms with Gasteiger partial charge in [-0.1, -0.05) is 44.7 Å². The first-order chi connectivity index (χ1) is 15.6. The number of hydrogen-bond donors (Lipinski definition) is 1. The molecule has 9 heteroatoms. The molecule has 0 fully saturated rings. The van der Waals surface area contributed by atoms with E-state index in [9.17, 15) is 14.7 Å². The molecule has 1 aliphatic heterocycles. The van der Waals surface area contributed by atoms with Gasteiger partial charge < -0.3 is 19.8 Å². The standard InChI is InChI=1S/C24H33N5O3S/c1-24(2,3)16-28(23(31)32)11-7-9-17-8-6-10-18(14-17)29-13-12-27(4)20-19(21(29)30)15-25-22(26-20)33-5/h6,8,10,14-15H,7,9,11-13,16H2,1-5H3,(H,31,32). The maximum atomic E-state index is 13.3. The summed E-state index contributed by atoms with van der Waals surface area (Å²) in [5.74, 6) is 0.548. The van der Waals surface area contributed by atoms with Crippen molar-refractivity contribution in [1.29, 1.82) is 0 Å². The van der Waals surface area contributed by atoms with Gasteiger partial charge in [-0.05, 0) is 42.2 Å². The first-order valence-electron chi connectivity index (χ1n) is 11.1. The van der Waals surface area contributed by atoms with E-state index in [1.165, 1.54) is 16.7 Å². The van der Waals surface area contributed by atoms with Crippen molar-refractivity contribution in [3.05, 3.63) is 41.6 Å². The quantitative estimate of drug-likeness (QED) is 0.477. The molecule has 2 amide bonds. The van der Waals surface area contributed by atoms with Crippen molar-refractivity contribution in [2.45, 2.75) is 38.8 Å². The molecule has 1 N–H and O–H groups in total. The highest BCUT2D eigenvalue weighted by atomic mass is 32.2. The molecule has 0 atom stereocenters. The number of rotatable bonds is 7. The highest BCUT2D eigenvalue weighted by molar-refractivity contribution is 7.98. The average molecular weight is 472 g/mol. The lowest BCUT2D eigenvalue weighted by Gasteiger charge is -2.27. The Bertz CT molecular complexity index is 1010. The molecule has 178 valence electrons. The Morgan fingerprint density at radius 1 is 1.27 bits per heavy atom. The smallest absolute Gasteiger partial charge is 0.407 e. The van der Waals surface area contributed by atoms with E-state index in [0.29, 0.717) is 42.7 Å². The van der Waals surface area contributed by atoms with Crippen LogP contribution in [0.15, 0.2) is 35.6 Å². The third-order valence-corrected chi connectivity index (χ3v) is 6.04. The number of carboxylic acid groups (broad SMARTS) is 1. The molecule has 1 aromatic carbocycles. The first kappa shape index (κ1) is 24.8. The molecule has 0 radical (unpaired) electrons. The van der Waals surface area contributed by atoms with Crippen LogP contribution in [0.3, 0.4) is 0 Å². The molecule has 2 heterocycles. The van der Waals surface area contributed by atoms with Gasteiger partial charge in [0.2, 0.25) is 0 Å². The van der Waals surface area contributed by atoms with Crippen molar-refractivity contribution in [1.82, 2.24) is 14.9 Å². The van der Waals surface area contributed by atoms with Gasteiger partial charge in [0.1, 0.15) is 11.4 Å². The molecule has 0 spiro atoms. The Hall–Kier alpha value is -2.81. The summed E-state index contributed by atoms with van der Waals surface area (Å²) >= 11 is 1.45. The van der Waals surface area contributed by atoms with Crippen LogP contribution in [0.2, 0.25) is 0 Å². The first-order valence-corrected chi connectivity index (χ1v) is 12.3. The Morgan fingerprint density at radius 3 is 2.70 bits per heavy atom. The second-order valence-corrected chi connectivity index (χ2v) is 10.3. The van der Waals surface area contributed by atoms with E-state index < -0.39 is 6.09 Å². The summed E-state index contributed by atoms with van der Waals surface area (Å²) < 4.78 is 0. The molecule has 3 rings (SSSR count). The molecule has 33 heavy (non-hydrogen) atoms. The fourth-order valence-electron chi connectivity index (χ4n) is 3.92. The third-order valence-electron chi connectivity index (χ3n) is 5.48. The van der Waals surface area contributed by atoms with E-state index in [0.717, 1.165) is 24.1 Å². The van der Waals surface area contributed by atoms with Crippen LogP contribution in [0.4, 0.5) is 16.3 Å². The van der Waals surface area contributed by atoms with Gasteiger partial charge in [-0.25, -0.2) is 14.8 Å². The highest BCUT2D eigenvalue weighted by Crippen LogP contribution is 2.27. The van der Waals surface area contributed by atoms with Gasteiger partial charge in [-0.15, -0.1) is 0 Å². The Kier molecular flexibility index (Phi) is 7.84. The van der Waals surface area contributed by atoms with Crippen LogP contribution in [-0.4, -0.2) is 71.5 Å². The zero-order valence-corrected chi connectivity index (χ0v) is 20.9. The summed E-state index contributed by atoms with van der Waals surface area (Å²) in [6, 6.07) is 7.93. The van der Waals surface area contributed by atoms with Crippen molar-refractivity contribution >= 4 is 35.3 Å². The number of thioether (sulfide) groups is 1. The normalized spacial score (nSPS) is 14.2. The molecule has 1 aromatic heterocycles. The molecular weight excluding hydrogens is 438 g/mol. The lowest BCUT2D eigenvalue weighted by atomic mass is 9.96. The number of carbonyl (C=O) groups is 2. The van der Waals surface area contributed by atoms with E-state index in [1.54, 1.807) is 11.1 Å². The zero-order valence-electron chi connectivity index (χ0n) is 20.0. The van der Waals surface area contributed by atoms with Crippen LogP contribution in [0.1, 0.15) is 43.1 Å². The van der Waals surface area contributed by atoms with E-state index >= 15 is 0 Å². The minimum absolute atomic E-state index is 0.0881. The van der Waals surface area contributed by atoms with E-state index in [2.05, 4.69) is 9.97 Å². The fourth-order valence-corrected chi connectivity index (χ4v) is 4.25. The van der Waals surface area contributed by atoms with Gasteiger partial charge in [0.15, 0.2) is 5.16 Å². The van der Waals surface area contributed by atoms with Crippen molar-refractivity contribution < 1.29 is 14.7 Å². The average Bonchev–Trinajstić information content (AvgIpc) is 2.88. The molecule has 0 aliphatic carbocycles. The number of anilines is 2. The summed E-state index contributed by atoms with van der Waals surface area (Å²) in [5.41, 5.74) is 2.32. The number of likely N-dealkylation sites (N-methyl/N-ethyl adjacent to an activating group) is 1. The van der Waals surface area contributed by atoms with E-state index in [1.807, 2.05) is 63.2 Å². The van der Waals surface area contributed by atoms with Gasteiger partial charge in [0.05, 0.1) is 0 Å². The minimum Gasteiger partial charge on any atom is -0.465 e. The van der Waals surface area contributed by atoms with Gasteiger partial charge in [0.25, 0.3) is 5.91 Å². The number of amides is 2. The number of aromatic nitrogens is 2. The molecule has 8 nitrogen and oxygen atoms in total. The van der Waals surface area contributed by atoms with Crippen LogP contribution in [0.25, 0.3) is 0 Å². The second-order valence-electron chi connectivity index (χ2n) is 9.51. The third kappa shape index (κ3) is 6.37. The van der Waals surface area contributed by atoms with Gasteiger partial charge >= 0.3 is 6.09 Å². The lowest BCUT2D eigenvalue weighted by molar-refractivity contribution is 0.0989. The molecular formula is C24H33N5O3S. The number of benzene rings is 1. The summed E-state index contributed by atoms with van der Waals surface area (Å²) in [5, 5.41) is 10.1. The zero-order chi connectivity index (χ0) is 24.2. The maximum absolute atomic E-state index is 13.3. The number of aryl methyl sites for hydroxylation is 1. The van der Waals surface area contributed by atoms with E-state index in [-0.39, 0.29) is 11.3 Å². The molecule has 0 bridgehead atoms. The van der Waals surface area contributed by atoms with Crippen LogP contribution in [0.5, 0.6) is 0 Å². The van der Waals surface area contributed by atoms with Crippen LogP contribution >= 0.6 is 11.8 Å². The monoisotopic (exact) mass is 471 g/mol. The summed E-state index contributed by atoms with van der Waals surface area (Å²) in [6.07, 6.45) is 4.10. The SMILES string of the molecule is CSc1ncc2c(n1)N(C)CCN(c1cccc(CCCN(CC(C)(C)C)C(=O)O)c1)C2=O. The largest absolute Gasteiger partial charge is 0.465 e. The van der Waals surface area contributed by atoms with Crippen molar-refractivity contribution in [2.75, 3.05) is 49.3 Å². The molecule has 0 unspecified atom stereocenters. The van der Waals surface area contributed by atoms with Gasteiger partial charge in [-0.3, -0.25) is 4.79 Å². The van der Waals surface area contributed by atoms with Crippen molar-refractivity contribution in [3.8, 4) is 0 Å². The Morgan fingerprint density at radius 2 is 2.03 bits per heavy atom. The number of nitrogens with zero attached hydrogens (tertiary/aromatic N) is 5. The number of fused-ring (bicyclic) bond motifs is 1.